The van der Waals surface area contributed by atoms with Crippen LogP contribution in [-0.2, 0) is 23.1 Å². The zero-order valence-corrected chi connectivity index (χ0v) is 13.1. The van der Waals surface area contributed by atoms with Gasteiger partial charge >= 0.3 is 0 Å². The van der Waals surface area contributed by atoms with Gasteiger partial charge in [0.1, 0.15) is 0 Å². The molecule has 21 heavy (non-hydrogen) atoms. The second kappa shape index (κ2) is 6.52. The zero-order valence-electron chi connectivity index (χ0n) is 11.6. The maximum atomic E-state index is 12.2. The lowest BCUT2D eigenvalue weighted by molar-refractivity contribution is 0.387. The Hall–Kier alpha value is -1.48. The molecule has 0 atom stereocenters. The van der Waals surface area contributed by atoms with Crippen LogP contribution in [-0.4, -0.2) is 25.6 Å². The molecular weight excluding hydrogens is 316 g/mol. The average Bonchev–Trinajstić information content (AvgIpc) is 2.85. The molecule has 2 aromatic rings. The molecule has 2 N–H and O–H groups in total. The van der Waals surface area contributed by atoms with Crippen LogP contribution in [0.1, 0.15) is 17.3 Å². The van der Waals surface area contributed by atoms with Crippen LogP contribution in [0.5, 0.6) is 0 Å². The fraction of sp³-hybridized carbons (Fsp3) is 0.333. The van der Waals surface area contributed by atoms with E-state index in [9.17, 15) is 8.42 Å². The Labute approximate surface area is 127 Å². The second-order valence-corrected chi connectivity index (χ2v) is 6.51. The van der Waals surface area contributed by atoms with Crippen molar-refractivity contribution in [3.8, 4) is 0 Å². The van der Waals surface area contributed by atoms with E-state index in [1.807, 2.05) is 0 Å². The SMILES string of the molecule is CNCc1ccc(S(=O)(=O)NCc2noc(C)n2)cc1Cl. The van der Waals surface area contributed by atoms with Crippen LogP contribution in [0.25, 0.3) is 0 Å². The van der Waals surface area contributed by atoms with Gasteiger partial charge in [-0.1, -0.05) is 22.8 Å². The summed E-state index contributed by atoms with van der Waals surface area (Å²) in [6.07, 6.45) is 0. The highest BCUT2D eigenvalue weighted by Gasteiger charge is 2.16. The fourth-order valence-corrected chi connectivity index (χ4v) is 3.00. The molecule has 0 aliphatic heterocycles. The van der Waals surface area contributed by atoms with Gasteiger partial charge in [0.2, 0.25) is 15.9 Å². The van der Waals surface area contributed by atoms with Crippen LogP contribution >= 0.6 is 11.6 Å². The minimum atomic E-state index is -3.68. The molecule has 0 aliphatic rings. The van der Waals surface area contributed by atoms with E-state index < -0.39 is 10.0 Å². The molecule has 1 aromatic carbocycles. The van der Waals surface area contributed by atoms with Gasteiger partial charge in [-0.3, -0.25) is 0 Å². The summed E-state index contributed by atoms with van der Waals surface area (Å²) < 4.78 is 31.5. The first kappa shape index (κ1) is 15.9. The van der Waals surface area contributed by atoms with Crippen LogP contribution in [0.15, 0.2) is 27.6 Å². The third-order valence-corrected chi connectivity index (χ3v) is 4.44. The van der Waals surface area contributed by atoms with Crippen LogP contribution in [0.3, 0.4) is 0 Å². The van der Waals surface area contributed by atoms with Crippen LogP contribution in [0.2, 0.25) is 5.02 Å². The summed E-state index contributed by atoms with van der Waals surface area (Å²) in [7, 11) is -1.89. The van der Waals surface area contributed by atoms with E-state index in [0.717, 1.165) is 5.56 Å². The van der Waals surface area contributed by atoms with Crippen molar-refractivity contribution >= 4 is 21.6 Å². The number of aromatic nitrogens is 2. The first-order chi connectivity index (χ1) is 9.92. The molecule has 2 rings (SSSR count). The molecule has 0 unspecified atom stereocenters. The Bertz CT molecular complexity index is 730. The Balaban J connectivity index is 2.13. The monoisotopic (exact) mass is 330 g/mol. The van der Waals surface area contributed by atoms with Crippen molar-refractivity contribution in [1.82, 2.24) is 20.2 Å². The number of halogens is 1. The van der Waals surface area contributed by atoms with Gasteiger partial charge in [0.15, 0.2) is 5.82 Å². The maximum absolute atomic E-state index is 12.2. The Morgan fingerprint density at radius 1 is 1.33 bits per heavy atom. The van der Waals surface area contributed by atoms with E-state index in [-0.39, 0.29) is 17.3 Å². The lowest BCUT2D eigenvalue weighted by Crippen LogP contribution is -2.24. The highest BCUT2D eigenvalue weighted by atomic mass is 35.5. The number of aryl methyl sites for hydroxylation is 1. The van der Waals surface area contributed by atoms with Gasteiger partial charge in [0.25, 0.3) is 0 Å². The number of rotatable bonds is 6. The first-order valence-corrected chi connectivity index (χ1v) is 8.00. The molecule has 7 nitrogen and oxygen atoms in total. The quantitative estimate of drug-likeness (QED) is 0.826. The number of hydrogen-bond acceptors (Lipinski definition) is 6. The summed E-state index contributed by atoms with van der Waals surface area (Å²) in [6, 6.07) is 4.59. The van der Waals surface area contributed by atoms with Crippen LogP contribution in [0.4, 0.5) is 0 Å². The van der Waals surface area contributed by atoms with Crippen molar-refractivity contribution in [1.29, 1.82) is 0 Å². The maximum Gasteiger partial charge on any atom is 0.241 e. The van der Waals surface area contributed by atoms with Crippen molar-refractivity contribution in [2.75, 3.05) is 7.05 Å². The number of hydrogen-bond donors (Lipinski definition) is 2. The Kier molecular flexibility index (Phi) is 4.94. The summed E-state index contributed by atoms with van der Waals surface area (Å²) in [4.78, 5) is 4.01. The number of benzene rings is 1. The van der Waals surface area contributed by atoms with Crippen molar-refractivity contribution < 1.29 is 12.9 Å². The van der Waals surface area contributed by atoms with Gasteiger partial charge in [-0.25, -0.2) is 13.1 Å². The summed E-state index contributed by atoms with van der Waals surface area (Å²) in [5.41, 5.74) is 0.826. The molecule has 0 radical (unpaired) electrons. The number of nitrogens with zero attached hydrogens (tertiary/aromatic N) is 2. The van der Waals surface area contributed by atoms with E-state index in [4.69, 9.17) is 16.1 Å². The second-order valence-electron chi connectivity index (χ2n) is 4.34. The third-order valence-electron chi connectivity index (χ3n) is 2.69. The molecule has 0 aliphatic carbocycles. The van der Waals surface area contributed by atoms with Crippen molar-refractivity contribution in [3.63, 3.8) is 0 Å². The normalized spacial score (nSPS) is 11.8. The smallest absolute Gasteiger partial charge is 0.241 e. The van der Waals surface area contributed by atoms with Crippen LogP contribution < -0.4 is 10.0 Å². The van der Waals surface area contributed by atoms with Crippen LogP contribution in [0, 0.1) is 6.92 Å². The molecular formula is C12H15ClN4O3S. The average molecular weight is 331 g/mol. The zero-order chi connectivity index (χ0) is 15.5. The molecule has 0 spiro atoms. The largest absolute Gasteiger partial charge is 0.340 e. The Morgan fingerprint density at radius 3 is 2.67 bits per heavy atom. The molecule has 9 heteroatoms. The molecule has 0 saturated heterocycles. The predicted octanol–water partition coefficient (Wildman–Crippen LogP) is 1.23. The van der Waals surface area contributed by atoms with Gasteiger partial charge in [-0.15, -0.1) is 0 Å². The van der Waals surface area contributed by atoms with E-state index in [1.54, 1.807) is 20.0 Å². The lowest BCUT2D eigenvalue weighted by atomic mass is 10.2. The summed E-state index contributed by atoms with van der Waals surface area (Å²) in [6.45, 7) is 2.15. The molecule has 114 valence electrons. The summed E-state index contributed by atoms with van der Waals surface area (Å²) >= 11 is 6.06. The van der Waals surface area contributed by atoms with E-state index in [1.165, 1.54) is 12.1 Å². The topological polar surface area (TPSA) is 97.1 Å². The molecule has 0 fully saturated rings. The van der Waals surface area contributed by atoms with Gasteiger partial charge in [0.05, 0.1) is 11.4 Å². The van der Waals surface area contributed by atoms with Crippen molar-refractivity contribution in [2.24, 2.45) is 0 Å². The minimum Gasteiger partial charge on any atom is -0.340 e. The minimum absolute atomic E-state index is 0.0461. The molecule has 0 bridgehead atoms. The first-order valence-electron chi connectivity index (χ1n) is 6.14. The van der Waals surface area contributed by atoms with Gasteiger partial charge < -0.3 is 9.84 Å². The standard InChI is InChI=1S/C12H15ClN4O3S/c1-8-16-12(17-20-8)7-15-21(18,19)10-4-3-9(6-14-2)11(13)5-10/h3-5,14-15H,6-7H2,1-2H3. The molecule has 1 heterocycles. The number of nitrogens with one attached hydrogen (secondary N) is 2. The molecule has 0 saturated carbocycles. The van der Waals surface area contributed by atoms with Gasteiger partial charge in [-0.2, -0.15) is 4.98 Å². The van der Waals surface area contributed by atoms with E-state index in [0.29, 0.717) is 17.5 Å². The van der Waals surface area contributed by atoms with E-state index >= 15 is 0 Å². The van der Waals surface area contributed by atoms with Crippen molar-refractivity contribution in [2.45, 2.75) is 24.9 Å². The highest BCUT2D eigenvalue weighted by molar-refractivity contribution is 7.89. The molecule has 1 aromatic heterocycles. The lowest BCUT2D eigenvalue weighted by Gasteiger charge is -2.08. The fourth-order valence-electron chi connectivity index (χ4n) is 1.69. The van der Waals surface area contributed by atoms with Gasteiger partial charge in [-0.05, 0) is 24.7 Å². The van der Waals surface area contributed by atoms with Crippen molar-refractivity contribution in [3.05, 3.63) is 40.5 Å². The van der Waals surface area contributed by atoms with Gasteiger partial charge in [0, 0.05) is 18.5 Å². The summed E-state index contributed by atoms with van der Waals surface area (Å²) in [5.74, 6) is 0.651. The Morgan fingerprint density at radius 2 is 2.10 bits per heavy atom. The molecule has 0 amide bonds. The van der Waals surface area contributed by atoms with E-state index in [2.05, 4.69) is 20.2 Å². The highest BCUT2D eigenvalue weighted by Crippen LogP contribution is 2.20. The number of sulfonamides is 1. The predicted molar refractivity (Wildman–Crippen MR) is 77.3 cm³/mol. The third kappa shape index (κ3) is 4.01. The summed E-state index contributed by atoms with van der Waals surface area (Å²) in [5, 5.41) is 6.97.